The molecule has 0 radical (unpaired) electrons. The number of hydrogen-bond acceptors (Lipinski definition) is 8. The zero-order valence-electron chi connectivity index (χ0n) is 13.1. The monoisotopic (exact) mass is 340 g/mol. The van der Waals surface area contributed by atoms with Crippen molar-refractivity contribution in [3.8, 4) is 0 Å². The molecule has 0 bridgehead atoms. The molecule has 0 aliphatic carbocycles. The predicted molar refractivity (Wildman–Crippen MR) is 84.0 cm³/mol. The average Bonchev–Trinajstić information content (AvgIpc) is 3.18. The van der Waals surface area contributed by atoms with Crippen molar-refractivity contribution in [1.82, 2.24) is 15.1 Å². The number of aryl methyl sites for hydroxylation is 1. The second kappa shape index (κ2) is 4.96. The van der Waals surface area contributed by atoms with Crippen molar-refractivity contribution in [3.05, 3.63) is 39.7 Å². The van der Waals surface area contributed by atoms with E-state index in [1.165, 1.54) is 4.74 Å². The lowest BCUT2D eigenvalue weighted by Crippen LogP contribution is -2.43. The number of carbonyl (C=O) groups excluding carboxylic acids is 1. The number of rotatable bonds is 1. The lowest BCUT2D eigenvalue weighted by molar-refractivity contribution is -0.127. The second-order valence-corrected chi connectivity index (χ2v) is 6.14. The fraction of sp³-hybridized carbons (Fsp3) is 0.312. The van der Waals surface area contributed by atoms with E-state index in [0.29, 0.717) is 28.1 Å². The van der Waals surface area contributed by atoms with Crippen molar-refractivity contribution in [2.24, 2.45) is 18.0 Å². The maximum absolute atomic E-state index is 12.6. The van der Waals surface area contributed by atoms with E-state index in [1.54, 1.807) is 19.2 Å². The highest BCUT2D eigenvalue weighted by Gasteiger charge is 2.44. The van der Waals surface area contributed by atoms with E-state index in [4.69, 9.17) is 13.9 Å². The van der Waals surface area contributed by atoms with Crippen LogP contribution >= 0.6 is 0 Å². The van der Waals surface area contributed by atoms with Crippen LogP contribution in [-0.4, -0.2) is 39.8 Å². The van der Waals surface area contributed by atoms with Gasteiger partial charge in [0.2, 0.25) is 0 Å². The first-order chi connectivity index (χ1) is 12.1. The third-order valence-electron chi connectivity index (χ3n) is 4.71. The molecule has 0 saturated carbocycles. The minimum atomic E-state index is -0.552. The molecular formula is C16H12N4O5. The molecule has 2 unspecified atom stereocenters. The van der Waals surface area contributed by atoms with Gasteiger partial charge >= 0.3 is 5.63 Å². The summed E-state index contributed by atoms with van der Waals surface area (Å²) in [7, 11) is 1.61. The number of nitrogens with zero attached hydrogens (tertiary/aromatic N) is 4. The summed E-state index contributed by atoms with van der Waals surface area (Å²) < 4.78 is 16.6. The Bertz CT molecular complexity index is 1110. The Morgan fingerprint density at radius 2 is 1.96 bits per heavy atom. The van der Waals surface area contributed by atoms with E-state index in [-0.39, 0.29) is 19.0 Å². The summed E-state index contributed by atoms with van der Waals surface area (Å²) in [6.45, 7) is 0.251. The Morgan fingerprint density at radius 3 is 2.84 bits per heavy atom. The zero-order valence-corrected chi connectivity index (χ0v) is 13.1. The molecule has 0 amide bonds. The maximum atomic E-state index is 12.6. The average molecular weight is 340 g/mol. The van der Waals surface area contributed by atoms with Crippen LogP contribution in [0.25, 0.3) is 11.0 Å². The summed E-state index contributed by atoms with van der Waals surface area (Å²) in [6, 6.07) is 5.35. The number of benzene rings is 1. The molecule has 0 N–H and O–H groups in total. The van der Waals surface area contributed by atoms with Gasteiger partial charge in [0.1, 0.15) is 17.6 Å². The molecule has 3 aromatic rings. The standard InChI is InChI=1S/C16H12N4O5/c1-20-15-14(16(22)24-20)12(13-10(17-15)5-23-6-11(13)21)7-2-3-8-9(4-7)19-25-18-8/h2-4,12-13H,5-6H2,1H3. The van der Waals surface area contributed by atoms with Crippen LogP contribution in [0.3, 0.4) is 0 Å². The topological polar surface area (TPSA) is 113 Å². The molecule has 2 aromatic heterocycles. The van der Waals surface area contributed by atoms with Crippen LogP contribution in [0, 0.1) is 5.92 Å². The van der Waals surface area contributed by atoms with Crippen LogP contribution in [-0.2, 0) is 16.6 Å². The smallest absolute Gasteiger partial charge is 0.363 e. The summed E-state index contributed by atoms with van der Waals surface area (Å²) in [5.74, 6) is -0.749. The molecule has 1 saturated heterocycles. The molecule has 2 aliphatic rings. The van der Waals surface area contributed by atoms with E-state index in [0.717, 1.165) is 5.56 Å². The first-order valence-electron chi connectivity index (χ1n) is 7.74. The largest absolute Gasteiger partial charge is 0.368 e. The van der Waals surface area contributed by atoms with E-state index in [2.05, 4.69) is 15.3 Å². The SMILES string of the molecule is Cn1oc(=O)c2c1N=C1COCC(=O)C1C2c1ccc2nonc2c1. The molecule has 2 atom stereocenters. The lowest BCUT2D eigenvalue weighted by Gasteiger charge is -2.32. The number of fused-ring (bicyclic) bond motifs is 3. The first kappa shape index (κ1) is 14.3. The van der Waals surface area contributed by atoms with Crippen molar-refractivity contribution < 1.29 is 18.7 Å². The van der Waals surface area contributed by atoms with Crippen LogP contribution in [0.5, 0.6) is 0 Å². The molecule has 25 heavy (non-hydrogen) atoms. The highest BCUT2D eigenvalue weighted by molar-refractivity contribution is 6.11. The normalized spacial score (nSPS) is 22.6. The van der Waals surface area contributed by atoms with Crippen LogP contribution in [0.1, 0.15) is 17.0 Å². The molecule has 1 fully saturated rings. The number of aliphatic imine (C=N–C) groups is 1. The second-order valence-electron chi connectivity index (χ2n) is 6.14. The Balaban J connectivity index is 1.78. The van der Waals surface area contributed by atoms with Gasteiger partial charge in [-0.25, -0.2) is 14.4 Å². The third-order valence-corrected chi connectivity index (χ3v) is 4.71. The molecule has 1 aromatic carbocycles. The predicted octanol–water partition coefficient (Wildman–Crippen LogP) is 0.948. The Morgan fingerprint density at radius 1 is 1.12 bits per heavy atom. The lowest BCUT2D eigenvalue weighted by atomic mass is 9.74. The molecule has 9 nitrogen and oxygen atoms in total. The van der Waals surface area contributed by atoms with Gasteiger partial charge in [-0.05, 0) is 28.0 Å². The molecule has 0 spiro atoms. The van der Waals surface area contributed by atoms with Gasteiger partial charge in [-0.2, -0.15) is 4.74 Å². The third kappa shape index (κ3) is 1.96. The van der Waals surface area contributed by atoms with Gasteiger partial charge in [-0.15, -0.1) is 0 Å². The molecule has 2 aliphatic heterocycles. The number of ether oxygens (including phenoxy) is 1. The van der Waals surface area contributed by atoms with Crippen molar-refractivity contribution in [2.45, 2.75) is 5.92 Å². The van der Waals surface area contributed by atoms with Crippen LogP contribution in [0.2, 0.25) is 0 Å². The number of aromatic nitrogens is 3. The number of ketones is 1. The number of carbonyl (C=O) groups is 1. The molecule has 4 heterocycles. The molecular weight excluding hydrogens is 328 g/mol. The van der Waals surface area contributed by atoms with Gasteiger partial charge in [0, 0.05) is 13.0 Å². The summed E-state index contributed by atoms with van der Waals surface area (Å²) in [4.78, 5) is 29.4. The van der Waals surface area contributed by atoms with E-state index < -0.39 is 17.5 Å². The van der Waals surface area contributed by atoms with Crippen molar-refractivity contribution in [2.75, 3.05) is 13.2 Å². The minimum Gasteiger partial charge on any atom is -0.368 e. The van der Waals surface area contributed by atoms with Gasteiger partial charge in [0.15, 0.2) is 11.6 Å². The fourth-order valence-electron chi connectivity index (χ4n) is 3.63. The van der Waals surface area contributed by atoms with Gasteiger partial charge in [-0.3, -0.25) is 4.79 Å². The van der Waals surface area contributed by atoms with E-state index >= 15 is 0 Å². The van der Waals surface area contributed by atoms with Gasteiger partial charge in [0.05, 0.1) is 23.8 Å². The summed E-state index contributed by atoms with van der Waals surface area (Å²) in [6.07, 6.45) is 0. The summed E-state index contributed by atoms with van der Waals surface area (Å²) in [5.41, 5.74) is 2.40. The number of hydrogen-bond donors (Lipinski definition) is 0. The van der Waals surface area contributed by atoms with Gasteiger partial charge in [-0.1, -0.05) is 6.07 Å². The minimum absolute atomic E-state index is 0.00144. The van der Waals surface area contributed by atoms with Crippen molar-refractivity contribution >= 4 is 28.3 Å². The summed E-state index contributed by atoms with van der Waals surface area (Å²) >= 11 is 0. The molecule has 126 valence electrons. The molecule has 9 heteroatoms. The highest BCUT2D eigenvalue weighted by atomic mass is 16.6. The molecule has 5 rings (SSSR count). The zero-order chi connectivity index (χ0) is 17.1. The number of Topliss-reactive ketones (excluding diaryl/α,β-unsaturated/α-hetero) is 1. The quantitative estimate of drug-likeness (QED) is 0.648. The Kier molecular flexibility index (Phi) is 2.84. The highest BCUT2D eigenvalue weighted by Crippen LogP contribution is 2.42. The summed E-state index contributed by atoms with van der Waals surface area (Å²) in [5, 5.41) is 7.63. The van der Waals surface area contributed by atoms with E-state index in [1.807, 2.05) is 6.07 Å². The van der Waals surface area contributed by atoms with Gasteiger partial charge < -0.3 is 9.26 Å². The van der Waals surface area contributed by atoms with Crippen LogP contribution < -0.4 is 5.63 Å². The van der Waals surface area contributed by atoms with Crippen LogP contribution in [0.4, 0.5) is 5.82 Å². The van der Waals surface area contributed by atoms with Gasteiger partial charge in [0.25, 0.3) is 0 Å². The van der Waals surface area contributed by atoms with E-state index in [9.17, 15) is 9.59 Å². The van der Waals surface area contributed by atoms with Crippen molar-refractivity contribution in [1.29, 1.82) is 0 Å². The fourth-order valence-corrected chi connectivity index (χ4v) is 3.63. The first-order valence-corrected chi connectivity index (χ1v) is 7.74. The van der Waals surface area contributed by atoms with Crippen molar-refractivity contribution in [3.63, 3.8) is 0 Å². The Labute approximate surface area is 139 Å². The van der Waals surface area contributed by atoms with Crippen LogP contribution in [0.15, 0.2) is 37.1 Å². The maximum Gasteiger partial charge on any atom is 0.363 e. The Hall–Kier alpha value is -3.07.